The predicted octanol–water partition coefficient (Wildman–Crippen LogP) is 4.04. The first-order chi connectivity index (χ1) is 9.09. The molecule has 2 aliphatic rings. The van der Waals surface area contributed by atoms with Crippen molar-refractivity contribution in [2.45, 2.75) is 71.3 Å². The van der Waals surface area contributed by atoms with E-state index in [0.717, 1.165) is 6.54 Å². The van der Waals surface area contributed by atoms with Crippen molar-refractivity contribution in [3.63, 3.8) is 0 Å². The van der Waals surface area contributed by atoms with E-state index in [1.807, 2.05) is 11.3 Å². The van der Waals surface area contributed by atoms with Gasteiger partial charge in [-0.1, -0.05) is 13.8 Å². The highest BCUT2D eigenvalue weighted by Crippen LogP contribution is 2.58. The van der Waals surface area contributed by atoms with E-state index in [9.17, 15) is 0 Å². The number of rotatable bonds is 5. The lowest BCUT2D eigenvalue weighted by molar-refractivity contribution is 0.226. The van der Waals surface area contributed by atoms with Crippen LogP contribution in [0.15, 0.2) is 0 Å². The maximum atomic E-state index is 5.04. The minimum atomic E-state index is 0.0883. The molecule has 1 saturated carbocycles. The van der Waals surface area contributed by atoms with Crippen LogP contribution in [0.4, 0.5) is 0 Å². The second-order valence-corrected chi connectivity index (χ2v) is 7.79. The van der Waals surface area contributed by atoms with Crippen LogP contribution in [-0.4, -0.2) is 11.5 Å². The van der Waals surface area contributed by atoms with Crippen molar-refractivity contribution in [2.24, 2.45) is 5.41 Å². The number of thiazole rings is 1. The van der Waals surface area contributed by atoms with Crippen molar-refractivity contribution in [3.05, 3.63) is 15.6 Å². The normalized spacial score (nSPS) is 23.7. The van der Waals surface area contributed by atoms with Crippen LogP contribution in [0, 0.1) is 5.41 Å². The van der Waals surface area contributed by atoms with E-state index >= 15 is 0 Å². The third kappa shape index (κ3) is 2.25. The summed E-state index contributed by atoms with van der Waals surface area (Å²) in [5.41, 5.74) is 1.91. The highest BCUT2D eigenvalue weighted by atomic mass is 32.1. The molecular formula is C16H26N2S. The van der Waals surface area contributed by atoms with Crippen molar-refractivity contribution in [1.29, 1.82) is 0 Å². The Balaban J connectivity index is 1.93. The number of fused-ring (bicyclic) bond motifs is 1. The fourth-order valence-corrected chi connectivity index (χ4v) is 4.60. The number of nitrogens with zero attached hydrogens (tertiary/aromatic N) is 1. The van der Waals surface area contributed by atoms with Crippen LogP contribution in [0.5, 0.6) is 0 Å². The van der Waals surface area contributed by atoms with E-state index in [4.69, 9.17) is 4.98 Å². The lowest BCUT2D eigenvalue weighted by Crippen LogP contribution is -2.46. The van der Waals surface area contributed by atoms with Gasteiger partial charge in [0.1, 0.15) is 5.01 Å². The predicted molar refractivity (Wildman–Crippen MR) is 81.7 cm³/mol. The molecule has 0 saturated heterocycles. The first kappa shape index (κ1) is 13.6. The lowest BCUT2D eigenvalue weighted by Gasteiger charge is -2.35. The highest BCUT2D eigenvalue weighted by molar-refractivity contribution is 7.11. The summed E-state index contributed by atoms with van der Waals surface area (Å²) < 4.78 is 0. The largest absolute Gasteiger partial charge is 0.305 e. The molecular weight excluding hydrogens is 252 g/mol. The maximum Gasteiger partial charge on any atom is 0.114 e. The summed E-state index contributed by atoms with van der Waals surface area (Å²) in [5, 5.41) is 5.18. The number of aromatic nitrogens is 1. The first-order valence-electron chi connectivity index (χ1n) is 7.83. The Morgan fingerprint density at radius 1 is 1.32 bits per heavy atom. The molecule has 2 aliphatic carbocycles. The minimum Gasteiger partial charge on any atom is -0.305 e. The van der Waals surface area contributed by atoms with Gasteiger partial charge >= 0.3 is 0 Å². The van der Waals surface area contributed by atoms with Gasteiger partial charge in [0.05, 0.1) is 11.2 Å². The van der Waals surface area contributed by atoms with E-state index in [2.05, 4.69) is 26.1 Å². The molecule has 3 rings (SSSR count). The molecule has 1 aromatic heterocycles. The zero-order valence-electron chi connectivity index (χ0n) is 12.5. The Morgan fingerprint density at radius 3 is 2.68 bits per heavy atom. The van der Waals surface area contributed by atoms with Crippen molar-refractivity contribution in [1.82, 2.24) is 10.3 Å². The molecule has 1 unspecified atom stereocenters. The summed E-state index contributed by atoms with van der Waals surface area (Å²) in [6.07, 6.45) is 9.00. The summed E-state index contributed by atoms with van der Waals surface area (Å²) in [5.74, 6) is 0. The first-order valence-corrected chi connectivity index (χ1v) is 8.65. The second-order valence-electron chi connectivity index (χ2n) is 6.71. The van der Waals surface area contributed by atoms with Crippen LogP contribution < -0.4 is 5.32 Å². The third-order valence-electron chi connectivity index (χ3n) is 5.21. The van der Waals surface area contributed by atoms with Crippen molar-refractivity contribution in [3.8, 4) is 0 Å². The molecule has 0 radical (unpaired) electrons. The molecule has 1 aromatic rings. The van der Waals surface area contributed by atoms with E-state index in [-0.39, 0.29) is 5.54 Å². The molecule has 1 fully saturated rings. The minimum absolute atomic E-state index is 0.0883. The summed E-state index contributed by atoms with van der Waals surface area (Å²) in [6.45, 7) is 8.15. The van der Waals surface area contributed by atoms with Crippen LogP contribution in [0.3, 0.4) is 0 Å². The number of hydrogen-bond acceptors (Lipinski definition) is 3. The molecule has 1 N–H and O–H groups in total. The average Bonchev–Trinajstić information content (AvgIpc) is 3.03. The van der Waals surface area contributed by atoms with Gasteiger partial charge in [-0.05, 0) is 63.8 Å². The van der Waals surface area contributed by atoms with Crippen molar-refractivity contribution in [2.75, 3.05) is 6.54 Å². The topological polar surface area (TPSA) is 24.9 Å². The lowest BCUT2D eigenvalue weighted by atomic mass is 9.84. The van der Waals surface area contributed by atoms with Crippen molar-refractivity contribution >= 4 is 11.3 Å². The molecule has 1 atom stereocenters. The molecule has 0 bridgehead atoms. The monoisotopic (exact) mass is 278 g/mol. The van der Waals surface area contributed by atoms with E-state index in [0.29, 0.717) is 5.41 Å². The van der Waals surface area contributed by atoms with Crippen LogP contribution in [-0.2, 0) is 18.4 Å². The van der Waals surface area contributed by atoms with E-state index < -0.39 is 0 Å². The molecule has 3 heteroatoms. The van der Waals surface area contributed by atoms with Crippen molar-refractivity contribution < 1.29 is 0 Å². The highest BCUT2D eigenvalue weighted by Gasteiger charge is 2.55. The van der Waals surface area contributed by atoms with Gasteiger partial charge < -0.3 is 5.32 Å². The van der Waals surface area contributed by atoms with Crippen LogP contribution in [0.2, 0.25) is 0 Å². The number of hydrogen-bond donors (Lipinski definition) is 1. The Morgan fingerprint density at radius 2 is 2.05 bits per heavy atom. The van der Waals surface area contributed by atoms with Gasteiger partial charge in [-0.15, -0.1) is 11.3 Å². The molecule has 19 heavy (non-hydrogen) atoms. The number of aryl methyl sites for hydroxylation is 2. The average molecular weight is 278 g/mol. The Labute approximate surface area is 121 Å². The molecule has 0 aromatic carbocycles. The maximum absolute atomic E-state index is 5.04. The zero-order valence-corrected chi connectivity index (χ0v) is 13.3. The molecule has 106 valence electrons. The molecule has 0 aliphatic heterocycles. The Hall–Kier alpha value is -0.410. The van der Waals surface area contributed by atoms with Gasteiger partial charge in [-0.3, -0.25) is 0 Å². The molecule has 2 nitrogen and oxygen atoms in total. The second kappa shape index (κ2) is 4.85. The SMILES string of the molecule is CCCNC(C)(c1nc2c(s1)CCCC2)C1(C)CC1. The third-order valence-corrected chi connectivity index (χ3v) is 6.59. The summed E-state index contributed by atoms with van der Waals surface area (Å²) in [6, 6.07) is 0. The van der Waals surface area contributed by atoms with Crippen LogP contribution in [0.25, 0.3) is 0 Å². The molecule has 0 spiro atoms. The Bertz CT molecular complexity index is 438. The van der Waals surface area contributed by atoms with Gasteiger partial charge in [-0.2, -0.15) is 0 Å². The van der Waals surface area contributed by atoms with Gasteiger partial charge in [0.15, 0.2) is 0 Å². The van der Waals surface area contributed by atoms with Gasteiger partial charge in [0.25, 0.3) is 0 Å². The molecule has 0 amide bonds. The van der Waals surface area contributed by atoms with Gasteiger partial charge in [-0.25, -0.2) is 4.98 Å². The smallest absolute Gasteiger partial charge is 0.114 e. The van der Waals surface area contributed by atoms with Gasteiger partial charge in [0, 0.05) is 4.88 Å². The standard InChI is InChI=1S/C16H26N2S/c1-4-11-17-16(3,15(2)9-10-15)14-18-12-7-5-6-8-13(12)19-14/h17H,4-11H2,1-3H3. The fraction of sp³-hybridized carbons (Fsp3) is 0.812. The number of nitrogens with one attached hydrogen (secondary N) is 1. The van der Waals surface area contributed by atoms with E-state index in [1.165, 1.54) is 55.6 Å². The summed E-state index contributed by atoms with van der Waals surface area (Å²) in [4.78, 5) is 6.60. The fourth-order valence-electron chi connectivity index (χ4n) is 3.18. The molecule has 1 heterocycles. The summed E-state index contributed by atoms with van der Waals surface area (Å²) in [7, 11) is 0. The zero-order chi connectivity index (χ0) is 13.5. The Kier molecular flexibility index (Phi) is 3.46. The van der Waals surface area contributed by atoms with Crippen LogP contribution in [0.1, 0.15) is 68.5 Å². The van der Waals surface area contributed by atoms with Gasteiger partial charge in [0.2, 0.25) is 0 Å². The van der Waals surface area contributed by atoms with Crippen LogP contribution >= 0.6 is 11.3 Å². The van der Waals surface area contributed by atoms with E-state index in [1.54, 1.807) is 4.88 Å². The summed E-state index contributed by atoms with van der Waals surface area (Å²) >= 11 is 1.99. The quantitative estimate of drug-likeness (QED) is 0.879.